The fourth-order valence-corrected chi connectivity index (χ4v) is 22.0. The van der Waals surface area contributed by atoms with Gasteiger partial charge in [0, 0.05) is 44.8 Å². The zero-order valence-electron chi connectivity index (χ0n) is 67.2. The summed E-state index contributed by atoms with van der Waals surface area (Å²) in [6, 6.07) is 167. The fraction of sp³-hybridized carbons (Fsp3) is 0.0678. The molecule has 19 aromatic rings. The van der Waals surface area contributed by atoms with Crippen LogP contribution in [-0.4, -0.2) is 0 Å². The molecular weight excluding hydrogens is 1450 g/mol. The smallest absolute Gasteiger partial charge is 0.0719 e. The summed E-state index contributed by atoms with van der Waals surface area (Å²) in [5.41, 5.74) is 38.9. The van der Waals surface area contributed by atoms with E-state index < -0.39 is 21.7 Å². The van der Waals surface area contributed by atoms with E-state index in [9.17, 15) is 0 Å². The van der Waals surface area contributed by atoms with Crippen molar-refractivity contribution in [3.8, 4) is 77.9 Å². The maximum Gasteiger partial charge on any atom is 0.0719 e. The van der Waals surface area contributed by atoms with E-state index in [0.717, 1.165) is 46.1 Å². The number of para-hydroxylation sites is 1. The fourth-order valence-electron chi connectivity index (χ4n) is 22.0. The van der Waals surface area contributed by atoms with Crippen LogP contribution in [0.4, 0.5) is 34.1 Å². The van der Waals surface area contributed by atoms with E-state index in [1.165, 1.54) is 166 Å². The van der Waals surface area contributed by atoms with Crippen LogP contribution < -0.4 is 9.80 Å². The Kier molecular flexibility index (Phi) is 16.3. The topological polar surface area (TPSA) is 6.48 Å². The molecule has 0 heterocycles. The van der Waals surface area contributed by atoms with Gasteiger partial charge in [-0.15, -0.1) is 0 Å². The zero-order chi connectivity index (χ0) is 79.8. The van der Waals surface area contributed by atoms with Crippen molar-refractivity contribution in [2.24, 2.45) is 0 Å². The average molecular weight is 1530 g/mol. The zero-order valence-corrected chi connectivity index (χ0v) is 67.2. The highest BCUT2D eigenvalue weighted by Crippen LogP contribution is 2.67. The average Bonchev–Trinajstić information content (AvgIpc) is 1.46. The van der Waals surface area contributed by atoms with Crippen LogP contribution in [-0.2, 0) is 28.1 Å². The summed E-state index contributed by atoms with van der Waals surface area (Å²) < 4.78 is 0. The molecule has 0 aromatic heterocycles. The number of hydrogen-bond acceptors (Lipinski definition) is 2. The van der Waals surface area contributed by atoms with Crippen LogP contribution in [0, 0.1) is 0 Å². The SMILES string of the molecule is CC1(C)c2ccccc2C2(c3ccccc3-c3c(CC4(C)c5ccccc5C5(c6ccccc6-c6ccccc65)c5cc(-c6ccc(N(c7ccc8ccccc8c7)c7ccccc7-c7ccccc7)cc6)ccc54)cccc32)c2cccc(-c3ccc(N(c4ccc(-c5ccccc5)cc4)c4ccc(-c5cccc6ccccc56)cc4)cc3)c21. The molecule has 2 unspecified atom stereocenters. The molecule has 2 spiro atoms. The van der Waals surface area contributed by atoms with Crippen LogP contribution in [0.25, 0.3) is 99.4 Å². The van der Waals surface area contributed by atoms with Gasteiger partial charge in [-0.05, 0) is 245 Å². The van der Waals surface area contributed by atoms with Crippen molar-refractivity contribution in [2.75, 3.05) is 9.80 Å². The first-order chi connectivity index (χ1) is 59.1. The Hall–Kier alpha value is -14.7. The molecule has 2 atom stereocenters. The van der Waals surface area contributed by atoms with Crippen molar-refractivity contribution in [3.63, 3.8) is 0 Å². The number of anilines is 6. The number of fused-ring (bicyclic) bond motifs is 20. The lowest BCUT2D eigenvalue weighted by Crippen LogP contribution is -2.43. The Balaban J connectivity index is 0.663. The van der Waals surface area contributed by atoms with Crippen LogP contribution >= 0.6 is 0 Å². The summed E-state index contributed by atoms with van der Waals surface area (Å²) in [5, 5.41) is 4.90. The molecule has 0 saturated heterocycles. The normalized spacial score (nSPS) is 15.7. The van der Waals surface area contributed by atoms with E-state index in [-0.39, 0.29) is 0 Å². The minimum absolute atomic E-state index is 0.398. The molecule has 0 saturated carbocycles. The maximum absolute atomic E-state index is 2.60. The number of benzene rings is 19. The third kappa shape index (κ3) is 10.7. The second kappa shape index (κ2) is 27.7. The lowest BCUT2D eigenvalue weighted by molar-refractivity contribution is 0.515. The van der Waals surface area contributed by atoms with Gasteiger partial charge in [0.25, 0.3) is 0 Å². The Labute approximate surface area is 702 Å². The van der Waals surface area contributed by atoms with Crippen molar-refractivity contribution >= 4 is 55.7 Å². The molecule has 23 rings (SSSR count). The molecule has 4 aliphatic rings. The molecular formula is C118H84N2. The summed E-state index contributed by atoms with van der Waals surface area (Å²) in [6.45, 7) is 7.51. The highest BCUT2D eigenvalue weighted by atomic mass is 15.1. The summed E-state index contributed by atoms with van der Waals surface area (Å²) in [6.07, 6.45) is 0.752. The molecule has 566 valence electrons. The van der Waals surface area contributed by atoms with Crippen LogP contribution in [0.1, 0.15) is 93.1 Å². The van der Waals surface area contributed by atoms with Gasteiger partial charge in [-0.1, -0.05) is 391 Å². The van der Waals surface area contributed by atoms with Crippen molar-refractivity contribution in [1.29, 1.82) is 0 Å². The Morgan fingerprint density at radius 2 is 0.600 bits per heavy atom. The molecule has 2 heteroatoms. The highest BCUT2D eigenvalue weighted by Gasteiger charge is 2.57. The second-order valence-corrected chi connectivity index (χ2v) is 33.9. The first-order valence-corrected chi connectivity index (χ1v) is 42.2. The van der Waals surface area contributed by atoms with E-state index in [1.54, 1.807) is 0 Å². The van der Waals surface area contributed by atoms with Crippen LogP contribution in [0.2, 0.25) is 0 Å². The Morgan fingerprint density at radius 1 is 0.208 bits per heavy atom. The van der Waals surface area contributed by atoms with Crippen LogP contribution in [0.5, 0.6) is 0 Å². The van der Waals surface area contributed by atoms with Crippen molar-refractivity contribution in [3.05, 3.63) is 515 Å². The Morgan fingerprint density at radius 3 is 1.26 bits per heavy atom. The van der Waals surface area contributed by atoms with Gasteiger partial charge < -0.3 is 9.80 Å². The molecule has 0 radical (unpaired) electrons. The molecule has 0 bridgehead atoms. The monoisotopic (exact) mass is 1530 g/mol. The number of rotatable bonds is 13. The van der Waals surface area contributed by atoms with Crippen molar-refractivity contribution in [1.82, 2.24) is 0 Å². The molecule has 120 heavy (non-hydrogen) atoms. The summed E-state index contributed by atoms with van der Waals surface area (Å²) in [4.78, 5) is 4.85. The second-order valence-electron chi connectivity index (χ2n) is 33.9. The van der Waals surface area contributed by atoms with Crippen LogP contribution in [0.15, 0.2) is 443 Å². The van der Waals surface area contributed by atoms with Gasteiger partial charge in [-0.3, -0.25) is 0 Å². The van der Waals surface area contributed by atoms with Gasteiger partial charge in [-0.2, -0.15) is 0 Å². The first kappa shape index (κ1) is 70.7. The first-order valence-electron chi connectivity index (χ1n) is 42.2. The highest BCUT2D eigenvalue weighted by molar-refractivity contribution is 5.99. The quantitative estimate of drug-likeness (QED) is 0.114. The number of nitrogens with zero attached hydrogens (tertiary/aromatic N) is 2. The lowest BCUT2D eigenvalue weighted by Gasteiger charge is -2.48. The summed E-state index contributed by atoms with van der Waals surface area (Å²) >= 11 is 0. The molecule has 4 aliphatic carbocycles. The van der Waals surface area contributed by atoms with Crippen molar-refractivity contribution in [2.45, 2.75) is 48.9 Å². The molecule has 0 aliphatic heterocycles. The predicted molar refractivity (Wildman–Crippen MR) is 501 cm³/mol. The minimum atomic E-state index is -0.660. The van der Waals surface area contributed by atoms with Crippen LogP contribution in [0.3, 0.4) is 0 Å². The van der Waals surface area contributed by atoms with E-state index in [0.29, 0.717) is 0 Å². The number of hydrogen-bond donors (Lipinski definition) is 0. The standard InChI is InChI=1S/C118H84N2/c1-115(2)104-48-21-23-50-107(104)118(110-53-28-44-97(114(110)115)85-62-71-91(72-63-85)119(89-65-55-80(56-66-89)78-29-6-4-7-30-78)90-69-60-84(61-70-90)95-43-26-36-82-34-12-13-38-94(82)95)103-47-20-16-42-100(103)113-88(37-27-52-109(113)118)77-116(3)105-49-22-24-51-108(105)117(101-45-18-14-40-98(101)99-41-15-19-46-102(99)117)111-76-87(64-74-106(111)116)81-57-67-92(68-58-81)120(93-73-59-79-31-10-11-35-86(79)75-93)112-54-25-17-39-96(112)83-32-8-5-9-33-83/h4-76H,77H2,1-3H3. The third-order valence-corrected chi connectivity index (χ3v) is 27.3. The lowest BCUT2D eigenvalue weighted by atomic mass is 9.53. The summed E-state index contributed by atoms with van der Waals surface area (Å²) in [5.74, 6) is 0. The van der Waals surface area contributed by atoms with E-state index in [1.807, 2.05) is 0 Å². The molecule has 0 fully saturated rings. The van der Waals surface area contributed by atoms with Gasteiger partial charge in [0.05, 0.1) is 16.5 Å². The third-order valence-electron chi connectivity index (χ3n) is 27.3. The van der Waals surface area contributed by atoms with Crippen molar-refractivity contribution < 1.29 is 0 Å². The molecule has 0 N–H and O–H groups in total. The molecule has 0 amide bonds. The van der Waals surface area contributed by atoms with Gasteiger partial charge in [0.15, 0.2) is 0 Å². The van der Waals surface area contributed by atoms with Gasteiger partial charge in [0.1, 0.15) is 0 Å². The molecule has 2 nitrogen and oxygen atoms in total. The summed E-state index contributed by atoms with van der Waals surface area (Å²) in [7, 11) is 0. The predicted octanol–water partition coefficient (Wildman–Crippen LogP) is 30.5. The van der Waals surface area contributed by atoms with Gasteiger partial charge >= 0.3 is 0 Å². The largest absolute Gasteiger partial charge is 0.311 e. The maximum atomic E-state index is 2.60. The van der Waals surface area contributed by atoms with E-state index >= 15 is 0 Å². The minimum Gasteiger partial charge on any atom is -0.311 e. The van der Waals surface area contributed by atoms with E-state index in [4.69, 9.17) is 0 Å². The molecule has 19 aromatic carbocycles. The van der Waals surface area contributed by atoms with E-state index in [2.05, 4.69) is 473 Å². The van der Waals surface area contributed by atoms with Gasteiger partial charge in [-0.25, -0.2) is 0 Å². The Bertz CT molecular complexity index is 7230. The van der Waals surface area contributed by atoms with Gasteiger partial charge in [0.2, 0.25) is 0 Å².